The highest BCUT2D eigenvalue weighted by Gasteiger charge is 2.13. The number of aromatic carboxylic acids is 2. The third-order valence-electron chi connectivity index (χ3n) is 2.54. The van der Waals surface area contributed by atoms with Gasteiger partial charge >= 0.3 is 11.9 Å². The molecule has 0 saturated heterocycles. The van der Waals surface area contributed by atoms with Gasteiger partial charge in [0.25, 0.3) is 0 Å². The first-order valence-electron chi connectivity index (χ1n) is 7.86. The van der Waals surface area contributed by atoms with Gasteiger partial charge in [-0.05, 0) is 12.1 Å². The van der Waals surface area contributed by atoms with Crippen LogP contribution in [-0.4, -0.2) is 95.2 Å². The quantitative estimate of drug-likeness (QED) is 0.217. The standard InChI is InChI=1S/C8H6O4.2C4H11NO2/c9-7(10)5-3-1-2-4-6(5)8(11)12;2*6-3-1-5-2-4-7/h1-4H,(H,9,10)(H,11,12);2*5-7H,1-4H2. The van der Waals surface area contributed by atoms with E-state index in [1.54, 1.807) is 0 Å². The fourth-order valence-corrected chi connectivity index (χ4v) is 1.42. The summed E-state index contributed by atoms with van der Waals surface area (Å²) in [5.41, 5.74) is -0.380. The number of carbonyl (C=O) groups is 2. The molecule has 0 spiro atoms. The van der Waals surface area contributed by atoms with Crippen molar-refractivity contribution in [2.75, 3.05) is 52.6 Å². The number of benzene rings is 1. The minimum atomic E-state index is -1.23. The highest BCUT2D eigenvalue weighted by Crippen LogP contribution is 2.07. The molecule has 0 aliphatic rings. The number of carboxylic acid groups (broad SMARTS) is 2. The van der Waals surface area contributed by atoms with Gasteiger partial charge < -0.3 is 41.3 Å². The van der Waals surface area contributed by atoms with Crippen LogP contribution in [0.2, 0.25) is 0 Å². The molecule has 0 bridgehead atoms. The Morgan fingerprint density at radius 1 is 0.654 bits per heavy atom. The van der Waals surface area contributed by atoms with Crippen molar-refractivity contribution in [3.05, 3.63) is 35.4 Å². The molecule has 8 N–H and O–H groups in total. The first kappa shape index (κ1) is 26.2. The molecule has 0 aromatic heterocycles. The van der Waals surface area contributed by atoms with Crippen LogP contribution in [0.15, 0.2) is 24.3 Å². The zero-order chi connectivity index (χ0) is 20.2. The molecule has 26 heavy (non-hydrogen) atoms. The van der Waals surface area contributed by atoms with Crippen molar-refractivity contribution >= 4 is 11.9 Å². The van der Waals surface area contributed by atoms with Gasteiger partial charge in [-0.2, -0.15) is 0 Å². The van der Waals surface area contributed by atoms with Gasteiger partial charge in [0.15, 0.2) is 0 Å². The molecule has 0 atom stereocenters. The summed E-state index contributed by atoms with van der Waals surface area (Å²) in [5.74, 6) is -2.46. The lowest BCUT2D eigenvalue weighted by molar-refractivity contribution is 0.0651. The molecule has 0 saturated carbocycles. The van der Waals surface area contributed by atoms with Gasteiger partial charge in [-0.25, -0.2) is 9.59 Å². The maximum Gasteiger partial charge on any atom is 0.336 e. The summed E-state index contributed by atoms with van der Waals surface area (Å²) in [6.45, 7) is 2.84. The van der Waals surface area contributed by atoms with E-state index in [0.29, 0.717) is 26.2 Å². The summed E-state index contributed by atoms with van der Waals surface area (Å²) in [4.78, 5) is 20.9. The molecule has 0 aliphatic carbocycles. The number of hydrogen-bond donors (Lipinski definition) is 8. The number of aliphatic hydroxyl groups is 4. The van der Waals surface area contributed by atoms with Gasteiger partial charge in [0.1, 0.15) is 0 Å². The van der Waals surface area contributed by atoms with Crippen molar-refractivity contribution in [1.29, 1.82) is 0 Å². The van der Waals surface area contributed by atoms with E-state index in [1.807, 2.05) is 0 Å². The Labute approximate surface area is 151 Å². The molecular weight excluding hydrogens is 348 g/mol. The average Bonchev–Trinajstić information content (AvgIpc) is 2.63. The highest BCUT2D eigenvalue weighted by atomic mass is 16.4. The number of aliphatic hydroxyl groups excluding tert-OH is 4. The summed E-state index contributed by atoms with van der Waals surface area (Å²) in [5, 5.41) is 55.3. The Morgan fingerprint density at radius 2 is 0.923 bits per heavy atom. The third-order valence-corrected chi connectivity index (χ3v) is 2.54. The fourth-order valence-electron chi connectivity index (χ4n) is 1.42. The van der Waals surface area contributed by atoms with Crippen molar-refractivity contribution in [2.45, 2.75) is 0 Å². The second-order valence-electron chi connectivity index (χ2n) is 4.55. The molecule has 1 aromatic carbocycles. The summed E-state index contributed by atoms with van der Waals surface area (Å²) < 4.78 is 0. The van der Waals surface area contributed by atoms with Crippen LogP contribution in [0.5, 0.6) is 0 Å². The Morgan fingerprint density at radius 3 is 1.12 bits per heavy atom. The van der Waals surface area contributed by atoms with Crippen LogP contribution in [0.1, 0.15) is 20.7 Å². The molecule has 150 valence electrons. The van der Waals surface area contributed by atoms with Crippen molar-refractivity contribution in [2.24, 2.45) is 0 Å². The Hall–Kier alpha value is -2.08. The minimum absolute atomic E-state index is 0.139. The van der Waals surface area contributed by atoms with E-state index in [4.69, 9.17) is 30.6 Å². The average molecular weight is 376 g/mol. The van der Waals surface area contributed by atoms with Crippen LogP contribution in [0, 0.1) is 0 Å². The van der Waals surface area contributed by atoms with Crippen molar-refractivity contribution in [1.82, 2.24) is 10.6 Å². The Bertz CT molecular complexity index is 434. The molecule has 10 nitrogen and oxygen atoms in total. The molecule has 1 rings (SSSR count). The fraction of sp³-hybridized carbons (Fsp3) is 0.500. The predicted molar refractivity (Wildman–Crippen MR) is 94.4 cm³/mol. The molecule has 0 amide bonds. The monoisotopic (exact) mass is 376 g/mol. The molecule has 0 fully saturated rings. The van der Waals surface area contributed by atoms with E-state index in [2.05, 4.69) is 10.6 Å². The maximum absolute atomic E-state index is 10.5. The maximum atomic E-state index is 10.5. The molecule has 1 aromatic rings. The van der Waals surface area contributed by atoms with E-state index in [0.717, 1.165) is 0 Å². The van der Waals surface area contributed by atoms with Crippen LogP contribution in [0.25, 0.3) is 0 Å². The molecule has 0 radical (unpaired) electrons. The molecular formula is C16H28N2O8. The van der Waals surface area contributed by atoms with Crippen LogP contribution in [0.4, 0.5) is 0 Å². The molecule has 0 aliphatic heterocycles. The van der Waals surface area contributed by atoms with Crippen molar-refractivity contribution < 1.29 is 40.2 Å². The predicted octanol–water partition coefficient (Wildman–Crippen LogP) is -1.80. The smallest absolute Gasteiger partial charge is 0.336 e. The third kappa shape index (κ3) is 15.4. The van der Waals surface area contributed by atoms with Crippen LogP contribution in [0.3, 0.4) is 0 Å². The lowest BCUT2D eigenvalue weighted by atomic mass is 10.1. The SMILES string of the molecule is O=C(O)c1ccccc1C(=O)O.OCCNCCO.OCCNCCO. The normalized spacial score (nSPS) is 9.38. The van der Waals surface area contributed by atoms with Crippen LogP contribution >= 0.6 is 0 Å². The summed E-state index contributed by atoms with van der Waals surface area (Å²) >= 11 is 0. The van der Waals surface area contributed by atoms with Crippen molar-refractivity contribution in [3.8, 4) is 0 Å². The summed E-state index contributed by atoms with van der Waals surface area (Å²) in [7, 11) is 0. The van der Waals surface area contributed by atoms with Crippen LogP contribution in [-0.2, 0) is 0 Å². The molecule has 0 heterocycles. The second kappa shape index (κ2) is 19.2. The van der Waals surface area contributed by atoms with Crippen LogP contribution < -0.4 is 10.6 Å². The molecule has 10 heteroatoms. The van der Waals surface area contributed by atoms with Crippen molar-refractivity contribution in [3.63, 3.8) is 0 Å². The van der Waals surface area contributed by atoms with Gasteiger partial charge in [-0.1, -0.05) is 12.1 Å². The number of rotatable bonds is 10. The van der Waals surface area contributed by atoms with E-state index in [-0.39, 0.29) is 37.6 Å². The van der Waals surface area contributed by atoms with E-state index < -0.39 is 11.9 Å². The molecule has 0 unspecified atom stereocenters. The highest BCUT2D eigenvalue weighted by molar-refractivity contribution is 6.01. The zero-order valence-electron chi connectivity index (χ0n) is 14.5. The Kier molecular flexibility index (Phi) is 19.4. The number of hydrogen-bond acceptors (Lipinski definition) is 8. The van der Waals surface area contributed by atoms with Gasteiger partial charge in [-0.3, -0.25) is 0 Å². The summed E-state index contributed by atoms with van der Waals surface area (Å²) in [6, 6.07) is 5.48. The minimum Gasteiger partial charge on any atom is -0.478 e. The lowest BCUT2D eigenvalue weighted by Gasteiger charge is -1.98. The topological polar surface area (TPSA) is 180 Å². The van der Waals surface area contributed by atoms with E-state index >= 15 is 0 Å². The lowest BCUT2D eigenvalue weighted by Crippen LogP contribution is -2.21. The van der Waals surface area contributed by atoms with Gasteiger partial charge in [0.05, 0.1) is 37.6 Å². The first-order chi connectivity index (χ1) is 12.5. The van der Waals surface area contributed by atoms with E-state index in [9.17, 15) is 9.59 Å². The largest absolute Gasteiger partial charge is 0.478 e. The van der Waals surface area contributed by atoms with Gasteiger partial charge in [0, 0.05) is 26.2 Å². The zero-order valence-corrected chi connectivity index (χ0v) is 14.5. The number of nitrogens with one attached hydrogen (secondary N) is 2. The van der Waals surface area contributed by atoms with E-state index in [1.165, 1.54) is 24.3 Å². The van der Waals surface area contributed by atoms with Gasteiger partial charge in [-0.15, -0.1) is 0 Å². The first-order valence-corrected chi connectivity index (χ1v) is 7.86. The summed E-state index contributed by atoms with van der Waals surface area (Å²) in [6.07, 6.45) is 0. The number of carboxylic acids is 2. The Balaban J connectivity index is 0. The van der Waals surface area contributed by atoms with Gasteiger partial charge in [0.2, 0.25) is 0 Å². The second-order valence-corrected chi connectivity index (χ2v) is 4.55.